The van der Waals surface area contributed by atoms with Crippen molar-refractivity contribution in [3.8, 4) is 0 Å². The molecule has 2 aromatic rings. The van der Waals surface area contributed by atoms with Gasteiger partial charge in [-0.1, -0.05) is 17.7 Å². The minimum absolute atomic E-state index is 0.0754. The molecule has 0 radical (unpaired) electrons. The molecule has 0 aliphatic carbocycles. The smallest absolute Gasteiger partial charge is 0.289 e. The number of rotatable bonds is 3. The normalized spacial score (nSPS) is 10.5. The van der Waals surface area contributed by atoms with Crippen molar-refractivity contribution < 1.29 is 9.31 Å². The SMILES string of the molecule is O=c1[nH]c(=O)n(Cc2ccc(Cl)c(F)c2)cc1[N+](=O)[O-]. The molecule has 0 unspecified atom stereocenters. The van der Waals surface area contributed by atoms with E-state index in [1.54, 1.807) is 0 Å². The molecule has 0 amide bonds. The zero-order valence-electron chi connectivity index (χ0n) is 9.80. The Labute approximate surface area is 115 Å². The standard InChI is InChI=1S/C11H7ClFN3O4/c12-7-2-1-6(3-8(7)13)4-15-5-9(16(19)20)10(17)14-11(15)18/h1-3,5H,4H2,(H,14,17,18). The van der Waals surface area contributed by atoms with Gasteiger partial charge >= 0.3 is 16.9 Å². The van der Waals surface area contributed by atoms with Crippen molar-refractivity contribution in [1.29, 1.82) is 0 Å². The van der Waals surface area contributed by atoms with Crippen LogP contribution < -0.4 is 11.2 Å². The maximum atomic E-state index is 13.3. The molecule has 104 valence electrons. The lowest BCUT2D eigenvalue weighted by atomic mass is 10.2. The van der Waals surface area contributed by atoms with Crippen LogP contribution in [-0.4, -0.2) is 14.5 Å². The van der Waals surface area contributed by atoms with Crippen LogP contribution in [0.15, 0.2) is 34.0 Å². The van der Waals surface area contributed by atoms with Crippen molar-refractivity contribution in [2.75, 3.05) is 0 Å². The summed E-state index contributed by atoms with van der Waals surface area (Å²) in [5, 5.41) is 10.6. The van der Waals surface area contributed by atoms with Crippen LogP contribution in [0.2, 0.25) is 5.02 Å². The highest BCUT2D eigenvalue weighted by atomic mass is 35.5. The third-order valence-corrected chi connectivity index (χ3v) is 2.83. The zero-order valence-corrected chi connectivity index (χ0v) is 10.6. The van der Waals surface area contributed by atoms with Crippen molar-refractivity contribution in [3.63, 3.8) is 0 Å². The molecular formula is C11H7ClFN3O4. The first kappa shape index (κ1) is 13.9. The Balaban J connectivity index is 2.45. The summed E-state index contributed by atoms with van der Waals surface area (Å²) < 4.78 is 14.2. The maximum absolute atomic E-state index is 13.3. The number of nitro groups is 1. The average Bonchev–Trinajstić information content (AvgIpc) is 2.36. The Morgan fingerprint density at radius 1 is 1.40 bits per heavy atom. The number of aromatic nitrogens is 2. The van der Waals surface area contributed by atoms with Crippen molar-refractivity contribution in [1.82, 2.24) is 9.55 Å². The number of nitrogens with one attached hydrogen (secondary N) is 1. The molecule has 0 saturated heterocycles. The fraction of sp³-hybridized carbons (Fsp3) is 0.0909. The molecule has 1 N–H and O–H groups in total. The highest BCUT2D eigenvalue weighted by Gasteiger charge is 2.15. The minimum Gasteiger partial charge on any atom is -0.289 e. The van der Waals surface area contributed by atoms with E-state index in [4.69, 9.17) is 11.6 Å². The number of aromatic amines is 1. The molecule has 0 aliphatic rings. The summed E-state index contributed by atoms with van der Waals surface area (Å²) in [6, 6.07) is 3.87. The fourth-order valence-corrected chi connectivity index (χ4v) is 1.70. The van der Waals surface area contributed by atoms with E-state index in [-0.39, 0.29) is 11.6 Å². The first-order valence-corrected chi connectivity index (χ1v) is 5.68. The van der Waals surface area contributed by atoms with Crippen molar-refractivity contribution in [2.24, 2.45) is 0 Å². The molecule has 0 fully saturated rings. The molecule has 20 heavy (non-hydrogen) atoms. The van der Waals surface area contributed by atoms with Crippen molar-refractivity contribution in [2.45, 2.75) is 6.54 Å². The number of halogens is 2. The van der Waals surface area contributed by atoms with Gasteiger partial charge in [-0.15, -0.1) is 0 Å². The number of H-pyrrole nitrogens is 1. The van der Waals surface area contributed by atoms with E-state index < -0.39 is 27.7 Å². The first-order valence-electron chi connectivity index (χ1n) is 5.30. The van der Waals surface area contributed by atoms with Gasteiger partial charge in [0.1, 0.15) is 5.82 Å². The second-order valence-corrected chi connectivity index (χ2v) is 4.31. The first-order chi connectivity index (χ1) is 9.38. The van der Waals surface area contributed by atoms with Gasteiger partial charge in [0.25, 0.3) is 0 Å². The number of benzene rings is 1. The quantitative estimate of drug-likeness (QED) is 0.682. The number of nitrogens with zero attached hydrogens (tertiary/aromatic N) is 2. The molecule has 2 rings (SSSR count). The van der Waals surface area contributed by atoms with E-state index in [1.807, 2.05) is 4.98 Å². The van der Waals surface area contributed by atoms with Crippen LogP contribution in [0.1, 0.15) is 5.56 Å². The van der Waals surface area contributed by atoms with Crippen LogP contribution in [0.5, 0.6) is 0 Å². The third kappa shape index (κ3) is 2.75. The summed E-state index contributed by atoms with van der Waals surface area (Å²) >= 11 is 5.52. The summed E-state index contributed by atoms with van der Waals surface area (Å²) in [6.07, 6.45) is 0.813. The summed E-state index contributed by atoms with van der Waals surface area (Å²) in [4.78, 5) is 34.3. The van der Waals surface area contributed by atoms with Gasteiger partial charge in [0.2, 0.25) is 0 Å². The van der Waals surface area contributed by atoms with Crippen LogP contribution in [0, 0.1) is 15.9 Å². The second-order valence-electron chi connectivity index (χ2n) is 3.91. The summed E-state index contributed by atoms with van der Waals surface area (Å²) in [6.45, 7) is -0.134. The topological polar surface area (TPSA) is 98.0 Å². The predicted molar refractivity (Wildman–Crippen MR) is 68.5 cm³/mol. The van der Waals surface area contributed by atoms with Crippen molar-refractivity contribution in [3.05, 3.63) is 71.8 Å². The number of hydrogen-bond acceptors (Lipinski definition) is 4. The second kappa shape index (κ2) is 5.25. The average molecular weight is 300 g/mol. The van der Waals surface area contributed by atoms with Gasteiger partial charge in [0.15, 0.2) is 0 Å². The molecule has 0 atom stereocenters. The third-order valence-electron chi connectivity index (χ3n) is 2.53. The predicted octanol–water partition coefficient (Wildman–Crippen LogP) is 1.29. The van der Waals surface area contributed by atoms with E-state index in [0.29, 0.717) is 5.56 Å². The molecule has 1 aromatic heterocycles. The summed E-state index contributed by atoms with van der Waals surface area (Å²) in [5.41, 5.74) is -2.30. The Hall–Kier alpha value is -2.48. The molecule has 0 spiro atoms. The molecular weight excluding hydrogens is 293 g/mol. The zero-order chi connectivity index (χ0) is 14.9. The van der Waals surface area contributed by atoms with E-state index in [2.05, 4.69) is 0 Å². The molecule has 1 heterocycles. The Bertz CT molecular complexity index is 799. The molecule has 7 nitrogen and oxygen atoms in total. The van der Waals surface area contributed by atoms with Gasteiger partial charge in [-0.05, 0) is 17.7 Å². The summed E-state index contributed by atoms with van der Waals surface area (Å²) in [7, 11) is 0. The van der Waals surface area contributed by atoms with Gasteiger partial charge in [-0.2, -0.15) is 0 Å². The van der Waals surface area contributed by atoms with Gasteiger partial charge in [0, 0.05) is 0 Å². The van der Waals surface area contributed by atoms with Crippen LogP contribution in [0.3, 0.4) is 0 Å². The lowest BCUT2D eigenvalue weighted by Gasteiger charge is -2.05. The van der Waals surface area contributed by atoms with Gasteiger partial charge in [-0.3, -0.25) is 24.5 Å². The Kier molecular flexibility index (Phi) is 3.66. The van der Waals surface area contributed by atoms with E-state index >= 15 is 0 Å². The monoisotopic (exact) mass is 299 g/mol. The lowest BCUT2D eigenvalue weighted by molar-refractivity contribution is -0.386. The van der Waals surface area contributed by atoms with Gasteiger partial charge < -0.3 is 0 Å². The van der Waals surface area contributed by atoms with Crippen LogP contribution in [-0.2, 0) is 6.54 Å². The Morgan fingerprint density at radius 2 is 2.10 bits per heavy atom. The molecule has 0 aliphatic heterocycles. The lowest BCUT2D eigenvalue weighted by Crippen LogP contribution is -2.31. The van der Waals surface area contributed by atoms with E-state index in [1.165, 1.54) is 12.1 Å². The highest BCUT2D eigenvalue weighted by Crippen LogP contribution is 2.16. The van der Waals surface area contributed by atoms with Crippen LogP contribution >= 0.6 is 11.6 Å². The largest absolute Gasteiger partial charge is 0.350 e. The van der Waals surface area contributed by atoms with Crippen LogP contribution in [0.4, 0.5) is 10.1 Å². The molecule has 0 bridgehead atoms. The minimum atomic E-state index is -1.08. The van der Waals surface area contributed by atoms with E-state index in [0.717, 1.165) is 16.8 Å². The van der Waals surface area contributed by atoms with Gasteiger partial charge in [-0.25, -0.2) is 9.18 Å². The fourth-order valence-electron chi connectivity index (χ4n) is 1.58. The van der Waals surface area contributed by atoms with Crippen LogP contribution in [0.25, 0.3) is 0 Å². The highest BCUT2D eigenvalue weighted by molar-refractivity contribution is 6.30. The van der Waals surface area contributed by atoms with Crippen molar-refractivity contribution >= 4 is 17.3 Å². The molecule has 0 saturated carbocycles. The molecule has 9 heteroatoms. The summed E-state index contributed by atoms with van der Waals surface area (Å²) in [5.74, 6) is -0.670. The maximum Gasteiger partial charge on any atom is 0.350 e. The van der Waals surface area contributed by atoms with E-state index in [9.17, 15) is 24.1 Å². The molecule has 1 aromatic carbocycles. The number of hydrogen-bond donors (Lipinski definition) is 1. The Morgan fingerprint density at radius 3 is 2.70 bits per heavy atom. The van der Waals surface area contributed by atoms with Gasteiger partial charge in [0.05, 0.1) is 22.7 Å².